The molecule has 0 amide bonds. The fourth-order valence-electron chi connectivity index (χ4n) is 0.598. The van der Waals surface area contributed by atoms with Gasteiger partial charge < -0.3 is 30.3 Å². The Morgan fingerprint density at radius 1 is 1.45 bits per heavy atom. The van der Waals surface area contributed by atoms with Crippen molar-refractivity contribution in [3.05, 3.63) is 0 Å². The second-order valence-corrected chi connectivity index (χ2v) is 3.12. The van der Waals surface area contributed by atoms with Crippen LogP contribution in [0.25, 0.3) is 0 Å². The molecule has 0 bridgehead atoms. The van der Waals surface area contributed by atoms with Crippen LogP contribution >= 0.6 is 12.2 Å². The van der Waals surface area contributed by atoms with Crippen molar-refractivity contribution >= 4 is 29.2 Å². The molecule has 0 heterocycles. The van der Waals surface area contributed by atoms with Crippen LogP contribution in [0.5, 0.6) is 0 Å². The number of hydrogen-bond donors (Lipinski definition) is 2. The van der Waals surface area contributed by atoms with Gasteiger partial charge in [-0.15, -0.1) is 0 Å². The van der Waals surface area contributed by atoms with Crippen molar-refractivity contribution in [3.63, 3.8) is 0 Å². The van der Waals surface area contributed by atoms with Gasteiger partial charge in [0.05, 0.1) is 0 Å². The average molecular weight is 216 g/mol. The molecule has 0 aliphatic heterocycles. The third kappa shape index (κ3) is 14.5. The summed E-state index contributed by atoms with van der Waals surface area (Å²) in [5.74, 6) is 0. The smallest absolute Gasteiger partial charge is 0.410 e. The minimum atomic E-state index is 0. The van der Waals surface area contributed by atoms with Crippen molar-refractivity contribution in [1.82, 2.24) is 10.9 Å². The summed E-state index contributed by atoms with van der Waals surface area (Å²) in [4.78, 5) is 0. The number of nitrogens with one attached hydrogen (secondary N) is 2. The predicted octanol–water partition coefficient (Wildman–Crippen LogP) is -1.89. The molecule has 2 nitrogen and oxygen atoms in total. The Morgan fingerprint density at radius 3 is 2.55 bits per heavy atom. The first-order valence-electron chi connectivity index (χ1n) is 3.47. The van der Waals surface area contributed by atoms with Gasteiger partial charge in [-0.05, 0) is 10.7 Å². The Bertz CT molecular complexity index is 101. The monoisotopic (exact) mass is 216 g/mol. The quantitative estimate of drug-likeness (QED) is 0.184. The van der Waals surface area contributed by atoms with E-state index in [4.69, 9.17) is 0 Å². The van der Waals surface area contributed by atoms with Gasteiger partial charge >= 0.3 is 51.4 Å². The molecule has 0 atom stereocenters. The number of rotatable bonds is 5. The Hall–Kier alpha value is 1.71. The van der Waals surface area contributed by atoms with E-state index in [1.807, 2.05) is 0 Å². The Morgan fingerprint density at radius 2 is 2.09 bits per heavy atom. The van der Waals surface area contributed by atoms with Gasteiger partial charge in [-0.1, -0.05) is 19.8 Å². The van der Waals surface area contributed by atoms with Crippen LogP contribution in [0, 0.1) is 0 Å². The molecule has 0 aliphatic rings. The summed E-state index contributed by atoms with van der Waals surface area (Å²) in [6.45, 7) is 3.11. The van der Waals surface area contributed by atoms with E-state index in [-0.39, 0.29) is 51.4 Å². The molecule has 0 aromatic rings. The maximum atomic E-state index is 4.61. The van der Waals surface area contributed by atoms with E-state index in [1.54, 1.807) is 0 Å². The fraction of sp³-hybridized carbons (Fsp3) is 0.833. The van der Waals surface area contributed by atoms with Crippen LogP contribution in [0.4, 0.5) is 0 Å². The second kappa shape index (κ2) is 11.7. The van der Waals surface area contributed by atoms with Gasteiger partial charge in [-0.2, -0.15) is 0 Å². The van der Waals surface area contributed by atoms with Gasteiger partial charge in [0.1, 0.15) is 0 Å². The molecule has 0 saturated carbocycles. The first-order chi connectivity index (χ1) is 4.77. The first kappa shape index (κ1) is 15.2. The molecule has 0 fully saturated rings. The van der Waals surface area contributed by atoms with Crippen molar-refractivity contribution in [2.24, 2.45) is 0 Å². The molecule has 0 rings (SSSR count). The average Bonchev–Trinajstić information content (AvgIpc) is 1.87. The number of thiocarbonyl (C=S) groups is 1. The van der Waals surface area contributed by atoms with Crippen LogP contribution in [-0.4, -0.2) is 10.9 Å². The van der Waals surface area contributed by atoms with Gasteiger partial charge in [-0.3, -0.25) is 0 Å². The maximum Gasteiger partial charge on any atom is 1.00 e. The van der Waals surface area contributed by atoms with Crippen molar-refractivity contribution in [2.75, 3.05) is 6.54 Å². The normalized spacial score (nSPS) is 8.45. The van der Waals surface area contributed by atoms with Crippen molar-refractivity contribution in [1.29, 1.82) is 0 Å². The summed E-state index contributed by atoms with van der Waals surface area (Å²) in [7, 11) is 0. The molecular formula is C6H13KN2S2. The molecule has 60 valence electrons. The fourth-order valence-corrected chi connectivity index (χ4v) is 0.742. The van der Waals surface area contributed by atoms with E-state index in [0.29, 0.717) is 4.32 Å². The molecule has 0 saturated heterocycles. The summed E-state index contributed by atoms with van der Waals surface area (Å²) in [5, 5.41) is 0. The van der Waals surface area contributed by atoms with E-state index >= 15 is 0 Å². The molecule has 5 heteroatoms. The molecule has 0 unspecified atom stereocenters. The predicted molar refractivity (Wildman–Crippen MR) is 50.6 cm³/mol. The van der Waals surface area contributed by atoms with E-state index in [0.717, 1.165) is 6.54 Å². The van der Waals surface area contributed by atoms with Gasteiger partial charge in [0, 0.05) is 6.54 Å². The maximum absolute atomic E-state index is 4.61. The molecule has 0 aliphatic carbocycles. The molecule has 2 N–H and O–H groups in total. The SMILES string of the molecule is CCCCCNNC(=S)[S-].[K+]. The summed E-state index contributed by atoms with van der Waals surface area (Å²) >= 11 is 9.23. The minimum absolute atomic E-state index is 0. The van der Waals surface area contributed by atoms with Gasteiger partial charge in [0.25, 0.3) is 0 Å². The number of hydrogen-bond acceptors (Lipinski definition) is 3. The molecular weight excluding hydrogens is 203 g/mol. The van der Waals surface area contributed by atoms with E-state index in [1.165, 1.54) is 19.3 Å². The Labute approximate surface area is 122 Å². The third-order valence-electron chi connectivity index (χ3n) is 1.10. The topological polar surface area (TPSA) is 24.1 Å². The number of hydrazine groups is 1. The summed E-state index contributed by atoms with van der Waals surface area (Å²) in [6, 6.07) is 0. The minimum Gasteiger partial charge on any atom is -0.410 e. The zero-order valence-electron chi connectivity index (χ0n) is 7.14. The van der Waals surface area contributed by atoms with Crippen molar-refractivity contribution < 1.29 is 51.4 Å². The van der Waals surface area contributed by atoms with Crippen LogP contribution in [0.3, 0.4) is 0 Å². The summed E-state index contributed by atoms with van der Waals surface area (Å²) in [6.07, 6.45) is 3.65. The standard InChI is InChI=1S/C6H14N2S2.K/c1-2-3-4-5-7-8-6(9)10;/h7H,2-5H2,1H3,(H2,8,9,10);/q;+1/p-1. The van der Waals surface area contributed by atoms with Gasteiger partial charge in [-0.25, -0.2) is 5.43 Å². The summed E-state index contributed by atoms with van der Waals surface area (Å²) < 4.78 is 0.386. The Kier molecular flexibility index (Phi) is 16.2. The molecule has 11 heavy (non-hydrogen) atoms. The zero-order valence-corrected chi connectivity index (χ0v) is 11.9. The first-order valence-corrected chi connectivity index (χ1v) is 4.29. The van der Waals surface area contributed by atoms with Crippen LogP contribution in [-0.2, 0) is 12.6 Å². The van der Waals surface area contributed by atoms with E-state index < -0.39 is 0 Å². The second-order valence-electron chi connectivity index (χ2n) is 2.05. The van der Waals surface area contributed by atoms with Gasteiger partial charge in [0.15, 0.2) is 0 Å². The molecule has 0 spiro atoms. The van der Waals surface area contributed by atoms with Crippen LogP contribution < -0.4 is 62.2 Å². The largest absolute Gasteiger partial charge is 1.00 e. The van der Waals surface area contributed by atoms with Crippen LogP contribution in [0.1, 0.15) is 26.2 Å². The Balaban J connectivity index is 0. The molecule has 0 aromatic carbocycles. The zero-order chi connectivity index (χ0) is 7.82. The number of unbranched alkanes of at least 4 members (excludes halogenated alkanes) is 2. The van der Waals surface area contributed by atoms with Gasteiger partial charge in [0.2, 0.25) is 0 Å². The third-order valence-corrected chi connectivity index (χ3v) is 1.30. The molecule has 0 radical (unpaired) electrons. The van der Waals surface area contributed by atoms with Crippen LogP contribution in [0.15, 0.2) is 0 Å². The van der Waals surface area contributed by atoms with Crippen molar-refractivity contribution in [2.45, 2.75) is 26.2 Å². The van der Waals surface area contributed by atoms with E-state index in [2.05, 4.69) is 42.6 Å². The molecule has 0 aromatic heterocycles. The van der Waals surface area contributed by atoms with Crippen LogP contribution in [0.2, 0.25) is 0 Å². The van der Waals surface area contributed by atoms with Crippen molar-refractivity contribution in [3.8, 4) is 0 Å². The summed E-state index contributed by atoms with van der Waals surface area (Å²) in [5.41, 5.74) is 5.62. The van der Waals surface area contributed by atoms with E-state index in [9.17, 15) is 0 Å².